The van der Waals surface area contributed by atoms with Gasteiger partial charge in [0.2, 0.25) is 0 Å². The number of aliphatic hydroxyl groups is 1. The molecule has 0 amide bonds. The van der Waals surface area contributed by atoms with Gasteiger partial charge in [-0.15, -0.1) is 0 Å². The number of ketones is 1. The molecule has 0 saturated heterocycles. The maximum absolute atomic E-state index is 11.9. The first kappa shape index (κ1) is 12.8. The van der Waals surface area contributed by atoms with Crippen molar-refractivity contribution in [3.8, 4) is 0 Å². The van der Waals surface area contributed by atoms with Gasteiger partial charge in [0.25, 0.3) is 0 Å². The van der Waals surface area contributed by atoms with Crippen LogP contribution in [-0.4, -0.2) is 10.9 Å². The van der Waals surface area contributed by atoms with Crippen molar-refractivity contribution >= 4 is 17.4 Å². The first-order valence-corrected chi connectivity index (χ1v) is 6.06. The van der Waals surface area contributed by atoms with Crippen LogP contribution in [0.2, 0.25) is 5.02 Å². The SMILES string of the molecule is O=C(CC(O)c1ccc(Cl)cc1)c1ccccc1. The van der Waals surface area contributed by atoms with Gasteiger partial charge in [0.15, 0.2) is 5.78 Å². The summed E-state index contributed by atoms with van der Waals surface area (Å²) in [5, 5.41) is 10.6. The molecule has 0 spiro atoms. The van der Waals surface area contributed by atoms with Crippen LogP contribution in [0.15, 0.2) is 54.6 Å². The molecule has 0 heterocycles. The monoisotopic (exact) mass is 260 g/mol. The standard InChI is InChI=1S/C15H13ClO2/c16-13-8-6-12(7-9-13)15(18)10-14(17)11-4-2-1-3-5-11/h1-9,15,18H,10H2. The van der Waals surface area contributed by atoms with Gasteiger partial charge < -0.3 is 5.11 Å². The van der Waals surface area contributed by atoms with Crippen LogP contribution in [0.1, 0.15) is 28.4 Å². The van der Waals surface area contributed by atoms with E-state index in [9.17, 15) is 9.90 Å². The van der Waals surface area contributed by atoms with E-state index in [0.717, 1.165) is 0 Å². The van der Waals surface area contributed by atoms with Gasteiger partial charge >= 0.3 is 0 Å². The molecule has 18 heavy (non-hydrogen) atoms. The van der Waals surface area contributed by atoms with Gasteiger partial charge in [0, 0.05) is 17.0 Å². The van der Waals surface area contributed by atoms with E-state index in [1.54, 1.807) is 36.4 Å². The van der Waals surface area contributed by atoms with Gasteiger partial charge in [-0.05, 0) is 17.7 Å². The lowest BCUT2D eigenvalue weighted by atomic mass is 10.0. The highest BCUT2D eigenvalue weighted by atomic mass is 35.5. The minimum absolute atomic E-state index is 0.0712. The molecule has 1 atom stereocenters. The summed E-state index contributed by atoms with van der Waals surface area (Å²) in [5.74, 6) is -0.0712. The number of carbonyl (C=O) groups is 1. The van der Waals surface area contributed by atoms with Crippen molar-refractivity contribution in [3.05, 3.63) is 70.7 Å². The summed E-state index contributed by atoms with van der Waals surface area (Å²) in [4.78, 5) is 11.9. The molecular formula is C15H13ClO2. The second-order valence-corrected chi connectivity index (χ2v) is 4.50. The Bertz CT molecular complexity index is 520. The number of rotatable bonds is 4. The zero-order valence-corrected chi connectivity index (χ0v) is 10.5. The van der Waals surface area contributed by atoms with Crippen LogP contribution in [0.5, 0.6) is 0 Å². The number of aliphatic hydroxyl groups excluding tert-OH is 1. The highest BCUT2D eigenvalue weighted by molar-refractivity contribution is 6.30. The molecule has 0 aliphatic heterocycles. The van der Waals surface area contributed by atoms with Gasteiger partial charge in [0.1, 0.15) is 0 Å². The normalized spacial score (nSPS) is 12.1. The van der Waals surface area contributed by atoms with Crippen LogP contribution >= 0.6 is 11.6 Å². The molecule has 2 nitrogen and oxygen atoms in total. The van der Waals surface area contributed by atoms with Crippen molar-refractivity contribution in [1.29, 1.82) is 0 Å². The van der Waals surface area contributed by atoms with E-state index in [-0.39, 0.29) is 12.2 Å². The molecule has 3 heteroatoms. The number of Topliss-reactive ketones (excluding diaryl/α,β-unsaturated/α-hetero) is 1. The van der Waals surface area contributed by atoms with E-state index in [1.807, 2.05) is 18.2 Å². The van der Waals surface area contributed by atoms with Crippen LogP contribution in [0.3, 0.4) is 0 Å². The average Bonchev–Trinajstić information content (AvgIpc) is 2.40. The Labute approximate surface area is 111 Å². The van der Waals surface area contributed by atoms with Gasteiger partial charge in [-0.1, -0.05) is 54.1 Å². The molecule has 1 N–H and O–H groups in total. The predicted octanol–water partition coefficient (Wildman–Crippen LogP) is 3.65. The minimum atomic E-state index is -0.796. The lowest BCUT2D eigenvalue weighted by Crippen LogP contribution is -2.06. The minimum Gasteiger partial charge on any atom is -0.388 e. The Morgan fingerprint density at radius 2 is 1.67 bits per heavy atom. The predicted molar refractivity (Wildman–Crippen MR) is 71.8 cm³/mol. The Morgan fingerprint density at radius 3 is 2.28 bits per heavy atom. The maximum Gasteiger partial charge on any atom is 0.165 e. The molecule has 0 fully saturated rings. The van der Waals surface area contributed by atoms with Crippen molar-refractivity contribution in [2.75, 3.05) is 0 Å². The summed E-state index contributed by atoms with van der Waals surface area (Å²) >= 11 is 5.77. The fourth-order valence-corrected chi connectivity index (χ4v) is 1.85. The summed E-state index contributed by atoms with van der Waals surface area (Å²) < 4.78 is 0. The molecule has 0 aromatic heterocycles. The zero-order chi connectivity index (χ0) is 13.0. The quantitative estimate of drug-likeness (QED) is 0.852. The molecule has 2 aromatic rings. The maximum atomic E-state index is 11.9. The average molecular weight is 261 g/mol. The number of hydrogen-bond acceptors (Lipinski definition) is 2. The number of halogens is 1. The van der Waals surface area contributed by atoms with E-state index in [2.05, 4.69) is 0 Å². The first-order valence-electron chi connectivity index (χ1n) is 5.68. The van der Waals surface area contributed by atoms with Crippen molar-refractivity contribution in [1.82, 2.24) is 0 Å². The van der Waals surface area contributed by atoms with Crippen molar-refractivity contribution < 1.29 is 9.90 Å². The zero-order valence-electron chi connectivity index (χ0n) is 9.71. The lowest BCUT2D eigenvalue weighted by molar-refractivity contribution is 0.0880. The molecule has 0 radical (unpaired) electrons. The van der Waals surface area contributed by atoms with Gasteiger partial charge in [-0.2, -0.15) is 0 Å². The molecule has 0 aliphatic carbocycles. The first-order chi connectivity index (χ1) is 8.66. The summed E-state index contributed by atoms with van der Waals surface area (Å²) in [5.41, 5.74) is 1.31. The molecule has 2 aromatic carbocycles. The van der Waals surface area contributed by atoms with E-state index >= 15 is 0 Å². The third-order valence-corrected chi connectivity index (χ3v) is 2.98. The van der Waals surface area contributed by atoms with Gasteiger partial charge in [-0.25, -0.2) is 0 Å². The van der Waals surface area contributed by atoms with Crippen molar-refractivity contribution in [2.45, 2.75) is 12.5 Å². The molecule has 0 bridgehead atoms. The van der Waals surface area contributed by atoms with Crippen LogP contribution in [0.25, 0.3) is 0 Å². The van der Waals surface area contributed by atoms with Crippen molar-refractivity contribution in [3.63, 3.8) is 0 Å². The van der Waals surface area contributed by atoms with Gasteiger partial charge in [-0.3, -0.25) is 4.79 Å². The van der Waals surface area contributed by atoms with Crippen LogP contribution in [-0.2, 0) is 0 Å². The summed E-state index contributed by atoms with van der Waals surface area (Å²) in [6, 6.07) is 15.8. The van der Waals surface area contributed by atoms with E-state index in [1.165, 1.54) is 0 Å². The van der Waals surface area contributed by atoms with Crippen LogP contribution < -0.4 is 0 Å². The molecule has 1 unspecified atom stereocenters. The molecule has 92 valence electrons. The van der Waals surface area contributed by atoms with Crippen molar-refractivity contribution in [2.24, 2.45) is 0 Å². The number of hydrogen-bond donors (Lipinski definition) is 1. The van der Waals surface area contributed by atoms with Gasteiger partial charge in [0.05, 0.1) is 6.10 Å². The number of benzene rings is 2. The van der Waals surface area contributed by atoms with E-state index in [4.69, 9.17) is 11.6 Å². The Balaban J connectivity index is 2.06. The highest BCUT2D eigenvalue weighted by Gasteiger charge is 2.14. The Hall–Kier alpha value is -1.64. The van der Waals surface area contributed by atoms with Crippen LogP contribution in [0.4, 0.5) is 0 Å². The number of carbonyl (C=O) groups excluding carboxylic acids is 1. The fourth-order valence-electron chi connectivity index (χ4n) is 1.72. The third kappa shape index (κ3) is 3.19. The molecular weight excluding hydrogens is 248 g/mol. The van der Waals surface area contributed by atoms with E-state index in [0.29, 0.717) is 16.1 Å². The second-order valence-electron chi connectivity index (χ2n) is 4.06. The van der Waals surface area contributed by atoms with Crippen LogP contribution in [0, 0.1) is 0 Å². The second kappa shape index (κ2) is 5.80. The highest BCUT2D eigenvalue weighted by Crippen LogP contribution is 2.20. The topological polar surface area (TPSA) is 37.3 Å². The molecule has 0 saturated carbocycles. The molecule has 2 rings (SSSR count). The molecule has 0 aliphatic rings. The Kier molecular flexibility index (Phi) is 4.13. The Morgan fingerprint density at radius 1 is 1.06 bits per heavy atom. The summed E-state index contributed by atoms with van der Waals surface area (Å²) in [6.07, 6.45) is -0.721. The largest absolute Gasteiger partial charge is 0.388 e. The van der Waals surface area contributed by atoms with E-state index < -0.39 is 6.10 Å². The summed E-state index contributed by atoms with van der Waals surface area (Å²) in [6.45, 7) is 0. The fraction of sp³-hybridized carbons (Fsp3) is 0.133. The summed E-state index contributed by atoms with van der Waals surface area (Å²) in [7, 11) is 0. The lowest BCUT2D eigenvalue weighted by Gasteiger charge is -2.10. The third-order valence-electron chi connectivity index (χ3n) is 2.73. The smallest absolute Gasteiger partial charge is 0.165 e.